The van der Waals surface area contributed by atoms with Crippen LogP contribution in [-0.2, 0) is 0 Å². The van der Waals surface area contributed by atoms with E-state index in [1.807, 2.05) is 6.92 Å². The van der Waals surface area contributed by atoms with Gasteiger partial charge in [-0.3, -0.25) is 4.40 Å². The number of aromatic nitrogens is 5. The number of aryl methyl sites for hydroxylation is 1. The summed E-state index contributed by atoms with van der Waals surface area (Å²) >= 11 is 1.27. The van der Waals surface area contributed by atoms with Crippen LogP contribution >= 0.6 is 11.5 Å². The maximum absolute atomic E-state index is 8.88. The van der Waals surface area contributed by atoms with E-state index in [0.29, 0.717) is 17.0 Å². The van der Waals surface area contributed by atoms with E-state index in [9.17, 15) is 0 Å². The van der Waals surface area contributed by atoms with E-state index < -0.39 is 0 Å². The van der Waals surface area contributed by atoms with Gasteiger partial charge in [0.2, 0.25) is 0 Å². The quantitative estimate of drug-likeness (QED) is 0.644. The molecular formula is C10H6N6S. The van der Waals surface area contributed by atoms with E-state index in [1.54, 1.807) is 22.7 Å². The molecule has 0 aromatic carbocycles. The molecular weight excluding hydrogens is 236 g/mol. The summed E-state index contributed by atoms with van der Waals surface area (Å²) in [7, 11) is 0. The lowest BCUT2D eigenvalue weighted by molar-refractivity contribution is 1.07. The first kappa shape index (κ1) is 9.86. The van der Waals surface area contributed by atoms with Crippen LogP contribution in [-0.4, -0.2) is 24.2 Å². The van der Waals surface area contributed by atoms with E-state index in [0.717, 1.165) is 10.6 Å². The summed E-state index contributed by atoms with van der Waals surface area (Å²) < 4.78 is 5.65. The zero-order chi connectivity index (χ0) is 11.8. The summed E-state index contributed by atoms with van der Waals surface area (Å²) in [5.74, 6) is 0.671. The van der Waals surface area contributed by atoms with Crippen LogP contribution in [0.1, 0.15) is 11.3 Å². The molecule has 3 heterocycles. The Hall–Kier alpha value is -2.33. The highest BCUT2D eigenvalue weighted by atomic mass is 32.1. The van der Waals surface area contributed by atoms with Crippen LogP contribution < -0.4 is 0 Å². The van der Waals surface area contributed by atoms with Crippen LogP contribution in [0.4, 0.5) is 0 Å². The molecule has 0 aliphatic carbocycles. The fraction of sp³-hybridized carbons (Fsp3) is 0.100. The van der Waals surface area contributed by atoms with Crippen molar-refractivity contribution in [2.45, 2.75) is 6.92 Å². The molecule has 0 N–H and O–H groups in total. The monoisotopic (exact) mass is 242 g/mol. The van der Waals surface area contributed by atoms with Gasteiger partial charge >= 0.3 is 0 Å². The van der Waals surface area contributed by atoms with Crippen molar-refractivity contribution in [3.05, 3.63) is 29.6 Å². The maximum Gasteiger partial charge on any atom is 0.182 e. The molecule has 0 bridgehead atoms. The third-order valence-corrected chi connectivity index (χ3v) is 3.21. The molecule has 0 saturated heterocycles. The lowest BCUT2D eigenvalue weighted by atomic mass is 10.3. The molecule has 0 saturated carbocycles. The fourth-order valence-electron chi connectivity index (χ4n) is 1.55. The van der Waals surface area contributed by atoms with Gasteiger partial charge < -0.3 is 0 Å². The molecule has 3 rings (SSSR count). The first-order valence-corrected chi connectivity index (χ1v) is 5.61. The topological polar surface area (TPSA) is 79.8 Å². The van der Waals surface area contributed by atoms with Crippen molar-refractivity contribution >= 4 is 17.2 Å². The van der Waals surface area contributed by atoms with Crippen LogP contribution in [0.15, 0.2) is 18.3 Å². The Morgan fingerprint density at radius 3 is 2.88 bits per heavy atom. The normalized spacial score (nSPS) is 10.6. The van der Waals surface area contributed by atoms with Crippen molar-refractivity contribution in [3.8, 4) is 16.8 Å². The average molecular weight is 242 g/mol. The summed E-state index contributed by atoms with van der Waals surface area (Å²) in [6.45, 7) is 1.87. The number of hydrogen-bond donors (Lipinski definition) is 0. The summed E-state index contributed by atoms with van der Waals surface area (Å²) in [4.78, 5) is 0.868. The minimum absolute atomic E-state index is 0.564. The predicted octanol–water partition coefficient (Wildman–Crippen LogP) is 1.43. The molecule has 3 aromatic heterocycles. The predicted molar refractivity (Wildman–Crippen MR) is 61.3 cm³/mol. The van der Waals surface area contributed by atoms with Gasteiger partial charge in [0.1, 0.15) is 10.9 Å². The maximum atomic E-state index is 8.88. The lowest BCUT2D eigenvalue weighted by Gasteiger charge is -1.97. The third-order valence-electron chi connectivity index (χ3n) is 2.39. The number of rotatable bonds is 1. The molecule has 6 nitrogen and oxygen atoms in total. The first-order valence-electron chi connectivity index (χ1n) is 4.84. The molecule has 0 aliphatic heterocycles. The smallest absolute Gasteiger partial charge is 0.182 e. The van der Waals surface area contributed by atoms with E-state index >= 15 is 0 Å². The van der Waals surface area contributed by atoms with Crippen molar-refractivity contribution in [1.29, 1.82) is 5.26 Å². The number of hydrogen-bond acceptors (Lipinski definition) is 6. The zero-order valence-electron chi connectivity index (χ0n) is 8.82. The molecule has 7 heteroatoms. The first-order chi connectivity index (χ1) is 8.29. The minimum Gasteiger partial charge on any atom is -0.280 e. The molecule has 0 aliphatic rings. The van der Waals surface area contributed by atoms with Crippen molar-refractivity contribution in [1.82, 2.24) is 24.2 Å². The summed E-state index contributed by atoms with van der Waals surface area (Å²) in [6.07, 6.45) is 1.71. The van der Waals surface area contributed by atoms with Gasteiger partial charge in [-0.15, -0.1) is 15.3 Å². The Morgan fingerprint density at radius 1 is 1.29 bits per heavy atom. The molecule has 3 aromatic rings. The van der Waals surface area contributed by atoms with Crippen LogP contribution in [0.25, 0.3) is 16.3 Å². The lowest BCUT2D eigenvalue weighted by Crippen LogP contribution is -1.90. The van der Waals surface area contributed by atoms with Crippen molar-refractivity contribution in [2.75, 3.05) is 0 Å². The standard InChI is InChI=1S/C10H6N6S/c1-6-9(17-15-12-6)10-14-13-8-3-2-7(4-11)5-16(8)10/h2-3,5H,1H3. The summed E-state index contributed by atoms with van der Waals surface area (Å²) in [5.41, 5.74) is 2.08. The highest BCUT2D eigenvalue weighted by Crippen LogP contribution is 2.24. The Kier molecular flexibility index (Phi) is 2.09. The summed E-state index contributed by atoms with van der Waals surface area (Å²) in [5, 5.41) is 21.0. The van der Waals surface area contributed by atoms with E-state index in [4.69, 9.17) is 5.26 Å². The molecule has 0 spiro atoms. The Morgan fingerprint density at radius 2 is 2.18 bits per heavy atom. The van der Waals surface area contributed by atoms with Gasteiger partial charge in [-0.1, -0.05) is 4.49 Å². The molecule has 0 fully saturated rings. The van der Waals surface area contributed by atoms with E-state index in [-0.39, 0.29) is 0 Å². The SMILES string of the molecule is Cc1nnsc1-c1nnc2ccc(C#N)cn12. The van der Waals surface area contributed by atoms with Gasteiger partial charge in [-0.2, -0.15) is 5.26 Å². The van der Waals surface area contributed by atoms with Gasteiger partial charge in [-0.05, 0) is 30.6 Å². The van der Waals surface area contributed by atoms with Gasteiger partial charge in [-0.25, -0.2) is 0 Å². The van der Waals surface area contributed by atoms with Crippen LogP contribution in [0, 0.1) is 18.3 Å². The molecule has 0 amide bonds. The third kappa shape index (κ3) is 1.46. The second-order valence-corrected chi connectivity index (χ2v) is 4.22. The van der Waals surface area contributed by atoms with Gasteiger partial charge in [0, 0.05) is 6.20 Å². The van der Waals surface area contributed by atoms with Gasteiger partial charge in [0.25, 0.3) is 0 Å². The average Bonchev–Trinajstić information content (AvgIpc) is 2.94. The molecule has 82 valence electrons. The highest BCUT2D eigenvalue weighted by molar-refractivity contribution is 7.09. The molecule has 0 atom stereocenters. The molecule has 0 unspecified atom stereocenters. The fourth-order valence-corrected chi connectivity index (χ4v) is 2.19. The Balaban J connectivity index is 2.31. The van der Waals surface area contributed by atoms with Crippen LogP contribution in [0.2, 0.25) is 0 Å². The Bertz CT molecular complexity index is 735. The molecule has 17 heavy (non-hydrogen) atoms. The Labute approximate surface area is 100 Å². The van der Waals surface area contributed by atoms with E-state index in [1.165, 1.54) is 11.5 Å². The summed E-state index contributed by atoms with van der Waals surface area (Å²) in [6, 6.07) is 5.57. The van der Waals surface area contributed by atoms with Crippen LogP contribution in [0.3, 0.4) is 0 Å². The van der Waals surface area contributed by atoms with E-state index in [2.05, 4.69) is 25.9 Å². The number of nitriles is 1. The number of pyridine rings is 1. The zero-order valence-corrected chi connectivity index (χ0v) is 9.64. The number of fused-ring (bicyclic) bond motifs is 1. The highest BCUT2D eigenvalue weighted by Gasteiger charge is 2.13. The van der Waals surface area contributed by atoms with Crippen LogP contribution in [0.5, 0.6) is 0 Å². The molecule has 0 radical (unpaired) electrons. The van der Waals surface area contributed by atoms with Gasteiger partial charge in [0.05, 0.1) is 11.3 Å². The minimum atomic E-state index is 0.564. The van der Waals surface area contributed by atoms with Crippen molar-refractivity contribution in [2.24, 2.45) is 0 Å². The second-order valence-electron chi connectivity index (χ2n) is 3.47. The number of nitrogens with zero attached hydrogens (tertiary/aromatic N) is 6. The second kappa shape index (κ2) is 3.61. The van der Waals surface area contributed by atoms with Crippen molar-refractivity contribution < 1.29 is 0 Å². The van der Waals surface area contributed by atoms with Gasteiger partial charge in [0.15, 0.2) is 11.5 Å². The van der Waals surface area contributed by atoms with Crippen molar-refractivity contribution in [3.63, 3.8) is 0 Å². The largest absolute Gasteiger partial charge is 0.280 e.